The molecule has 104 valence electrons. The molecule has 0 saturated carbocycles. The molecule has 1 aromatic carbocycles. The zero-order chi connectivity index (χ0) is 13.8. The Bertz CT molecular complexity index is 448. The highest BCUT2D eigenvalue weighted by molar-refractivity contribution is 5.95. The molecule has 1 aromatic rings. The lowest BCUT2D eigenvalue weighted by atomic mass is 10.1. The number of amides is 1. The number of carbonyl (C=O) groups is 1. The van der Waals surface area contributed by atoms with Crippen LogP contribution in [-0.4, -0.2) is 57.2 Å². The molecule has 1 unspecified atom stereocenters. The maximum atomic E-state index is 12.4. The predicted octanol–water partition coefficient (Wildman–Crippen LogP) is 0.552. The first-order chi connectivity index (χ1) is 9.11. The van der Waals surface area contributed by atoms with Crippen LogP contribution < -0.4 is 10.6 Å². The molecule has 1 fully saturated rings. The summed E-state index contributed by atoms with van der Waals surface area (Å²) in [5, 5.41) is 0. The molecule has 5 heteroatoms. The monoisotopic (exact) mass is 263 g/mol. The second-order valence-corrected chi connectivity index (χ2v) is 4.92. The number of hydrogen-bond acceptors (Lipinski definition) is 4. The van der Waals surface area contributed by atoms with Crippen LogP contribution in [0.3, 0.4) is 0 Å². The summed E-state index contributed by atoms with van der Waals surface area (Å²) in [6.45, 7) is 2.20. The Morgan fingerprint density at radius 2 is 2.32 bits per heavy atom. The third-order valence-corrected chi connectivity index (χ3v) is 3.30. The van der Waals surface area contributed by atoms with Crippen molar-refractivity contribution >= 4 is 11.6 Å². The fourth-order valence-corrected chi connectivity index (χ4v) is 2.15. The Morgan fingerprint density at radius 1 is 1.53 bits per heavy atom. The standard InChI is InChI=1S/C14H21N3O2/c1-16(2)12-5-3-4-11(8-12)14(18)17-6-7-19-13(9-15)10-17/h3-5,8,13H,6-7,9-10,15H2,1-2H3. The van der Waals surface area contributed by atoms with Crippen molar-refractivity contribution in [1.82, 2.24) is 4.90 Å². The quantitative estimate of drug-likeness (QED) is 0.865. The number of rotatable bonds is 3. The van der Waals surface area contributed by atoms with E-state index in [-0.39, 0.29) is 12.0 Å². The van der Waals surface area contributed by atoms with E-state index < -0.39 is 0 Å². The SMILES string of the molecule is CN(C)c1cccc(C(=O)N2CCOC(CN)C2)c1. The number of benzene rings is 1. The lowest BCUT2D eigenvalue weighted by Gasteiger charge is -2.32. The predicted molar refractivity (Wildman–Crippen MR) is 75.5 cm³/mol. The topological polar surface area (TPSA) is 58.8 Å². The van der Waals surface area contributed by atoms with Gasteiger partial charge in [0.1, 0.15) is 0 Å². The molecule has 1 atom stereocenters. The van der Waals surface area contributed by atoms with Gasteiger partial charge in [-0.15, -0.1) is 0 Å². The van der Waals surface area contributed by atoms with Crippen molar-refractivity contribution in [3.05, 3.63) is 29.8 Å². The van der Waals surface area contributed by atoms with Crippen LogP contribution >= 0.6 is 0 Å². The summed E-state index contributed by atoms with van der Waals surface area (Å²) in [5.41, 5.74) is 7.33. The van der Waals surface area contributed by atoms with E-state index >= 15 is 0 Å². The Labute approximate surface area is 113 Å². The summed E-state index contributed by atoms with van der Waals surface area (Å²) < 4.78 is 5.48. The van der Waals surface area contributed by atoms with E-state index in [1.807, 2.05) is 48.2 Å². The van der Waals surface area contributed by atoms with Gasteiger partial charge in [-0.25, -0.2) is 0 Å². The Hall–Kier alpha value is -1.59. The van der Waals surface area contributed by atoms with Gasteiger partial charge < -0.3 is 20.3 Å². The van der Waals surface area contributed by atoms with Gasteiger partial charge >= 0.3 is 0 Å². The summed E-state index contributed by atoms with van der Waals surface area (Å²) in [5.74, 6) is 0.0467. The van der Waals surface area contributed by atoms with Crippen LogP contribution in [0, 0.1) is 0 Å². The molecule has 2 rings (SSSR count). The molecule has 1 saturated heterocycles. The first-order valence-corrected chi connectivity index (χ1v) is 6.50. The molecule has 0 spiro atoms. The van der Waals surface area contributed by atoms with Gasteiger partial charge in [-0.1, -0.05) is 6.07 Å². The van der Waals surface area contributed by atoms with Crippen LogP contribution in [0.1, 0.15) is 10.4 Å². The number of hydrogen-bond donors (Lipinski definition) is 1. The smallest absolute Gasteiger partial charge is 0.254 e. The lowest BCUT2D eigenvalue weighted by Crippen LogP contribution is -2.48. The number of morpholine rings is 1. The van der Waals surface area contributed by atoms with E-state index in [1.165, 1.54) is 0 Å². The average Bonchev–Trinajstić information content (AvgIpc) is 2.46. The molecule has 1 aliphatic heterocycles. The Kier molecular flexibility index (Phi) is 4.39. The highest BCUT2D eigenvalue weighted by Gasteiger charge is 2.24. The van der Waals surface area contributed by atoms with Gasteiger partial charge in [-0.05, 0) is 18.2 Å². The van der Waals surface area contributed by atoms with Crippen molar-refractivity contribution in [1.29, 1.82) is 0 Å². The molecule has 5 nitrogen and oxygen atoms in total. The van der Waals surface area contributed by atoms with E-state index in [1.54, 1.807) is 0 Å². The van der Waals surface area contributed by atoms with E-state index in [2.05, 4.69) is 0 Å². The van der Waals surface area contributed by atoms with Crippen molar-refractivity contribution in [2.75, 3.05) is 45.2 Å². The molecule has 1 amide bonds. The third kappa shape index (κ3) is 3.24. The molecule has 19 heavy (non-hydrogen) atoms. The van der Waals surface area contributed by atoms with Crippen molar-refractivity contribution in [3.63, 3.8) is 0 Å². The average molecular weight is 263 g/mol. The summed E-state index contributed by atoms with van der Waals surface area (Å²) in [4.78, 5) is 16.2. The second-order valence-electron chi connectivity index (χ2n) is 4.92. The van der Waals surface area contributed by atoms with Crippen molar-refractivity contribution in [2.24, 2.45) is 5.73 Å². The van der Waals surface area contributed by atoms with Gasteiger partial charge in [0.15, 0.2) is 0 Å². The van der Waals surface area contributed by atoms with Gasteiger partial charge in [0.25, 0.3) is 5.91 Å². The van der Waals surface area contributed by atoms with Gasteiger partial charge in [0.2, 0.25) is 0 Å². The van der Waals surface area contributed by atoms with Crippen LogP contribution in [-0.2, 0) is 4.74 Å². The minimum Gasteiger partial charge on any atom is -0.378 e. The zero-order valence-electron chi connectivity index (χ0n) is 11.5. The lowest BCUT2D eigenvalue weighted by molar-refractivity contribution is -0.0167. The van der Waals surface area contributed by atoms with E-state index in [0.29, 0.717) is 31.8 Å². The largest absolute Gasteiger partial charge is 0.378 e. The van der Waals surface area contributed by atoms with E-state index in [9.17, 15) is 4.79 Å². The minimum absolute atomic E-state index is 0.0465. The van der Waals surface area contributed by atoms with E-state index in [4.69, 9.17) is 10.5 Å². The fourth-order valence-electron chi connectivity index (χ4n) is 2.15. The maximum Gasteiger partial charge on any atom is 0.254 e. The zero-order valence-corrected chi connectivity index (χ0v) is 11.5. The fraction of sp³-hybridized carbons (Fsp3) is 0.500. The molecule has 2 N–H and O–H groups in total. The number of carbonyl (C=O) groups excluding carboxylic acids is 1. The minimum atomic E-state index is -0.0465. The van der Waals surface area contributed by atoms with Gasteiger partial charge in [-0.2, -0.15) is 0 Å². The van der Waals surface area contributed by atoms with Crippen molar-refractivity contribution < 1.29 is 9.53 Å². The first-order valence-electron chi connectivity index (χ1n) is 6.50. The number of anilines is 1. The third-order valence-electron chi connectivity index (χ3n) is 3.30. The van der Waals surface area contributed by atoms with E-state index in [0.717, 1.165) is 5.69 Å². The number of ether oxygens (including phenoxy) is 1. The van der Waals surface area contributed by atoms with Gasteiger partial charge in [0.05, 0.1) is 12.7 Å². The summed E-state index contributed by atoms with van der Waals surface area (Å²) >= 11 is 0. The molecule has 1 aliphatic rings. The molecular weight excluding hydrogens is 242 g/mol. The Morgan fingerprint density at radius 3 is 3.00 bits per heavy atom. The molecular formula is C14H21N3O2. The molecule has 0 aromatic heterocycles. The van der Waals surface area contributed by atoms with Crippen LogP contribution in [0.15, 0.2) is 24.3 Å². The van der Waals surface area contributed by atoms with Crippen molar-refractivity contribution in [3.8, 4) is 0 Å². The van der Waals surface area contributed by atoms with Crippen molar-refractivity contribution in [2.45, 2.75) is 6.10 Å². The summed E-state index contributed by atoms with van der Waals surface area (Å²) in [6.07, 6.45) is -0.0465. The van der Waals surface area contributed by atoms with Crippen LogP contribution in [0.25, 0.3) is 0 Å². The molecule has 0 bridgehead atoms. The summed E-state index contributed by atoms with van der Waals surface area (Å²) in [7, 11) is 3.92. The molecule has 0 aliphatic carbocycles. The number of nitrogens with two attached hydrogens (primary N) is 1. The summed E-state index contributed by atoms with van der Waals surface area (Å²) in [6, 6.07) is 7.65. The highest BCUT2D eigenvalue weighted by atomic mass is 16.5. The van der Waals surface area contributed by atoms with Gasteiger partial charge in [0, 0.05) is 45.0 Å². The number of nitrogens with zero attached hydrogens (tertiary/aromatic N) is 2. The van der Waals surface area contributed by atoms with Crippen LogP contribution in [0.4, 0.5) is 5.69 Å². The van der Waals surface area contributed by atoms with Gasteiger partial charge in [-0.3, -0.25) is 4.79 Å². The second kappa shape index (κ2) is 6.04. The highest BCUT2D eigenvalue weighted by Crippen LogP contribution is 2.16. The Balaban J connectivity index is 2.12. The first kappa shape index (κ1) is 13.8. The normalized spacial score (nSPS) is 19.3. The van der Waals surface area contributed by atoms with Crippen LogP contribution in [0.2, 0.25) is 0 Å². The maximum absolute atomic E-state index is 12.4. The van der Waals surface area contributed by atoms with Crippen LogP contribution in [0.5, 0.6) is 0 Å². The molecule has 1 heterocycles. The molecule has 0 radical (unpaired) electrons.